The van der Waals surface area contributed by atoms with Gasteiger partial charge in [0.1, 0.15) is 0 Å². The van der Waals surface area contributed by atoms with E-state index in [0.29, 0.717) is 16.8 Å². The van der Waals surface area contributed by atoms with Crippen molar-refractivity contribution in [2.45, 2.75) is 13.8 Å². The molecule has 134 valence electrons. The Bertz CT molecular complexity index is 858. The Labute approximate surface area is 151 Å². The third-order valence-electron chi connectivity index (χ3n) is 3.56. The minimum atomic E-state index is -0.881. The van der Waals surface area contributed by atoms with E-state index in [2.05, 4.69) is 20.6 Å². The number of nitrogens with one attached hydrogen (secondary N) is 2. The number of methoxy groups -OCH3 is 1. The van der Waals surface area contributed by atoms with Gasteiger partial charge in [-0.05, 0) is 48.7 Å². The summed E-state index contributed by atoms with van der Waals surface area (Å²) in [7, 11) is 1.30. The molecule has 7 heteroatoms. The average Bonchev–Trinajstić information content (AvgIpc) is 2.64. The summed E-state index contributed by atoms with van der Waals surface area (Å²) in [5, 5.41) is 6.29. The van der Waals surface area contributed by atoms with E-state index in [1.807, 2.05) is 26.0 Å². The summed E-state index contributed by atoms with van der Waals surface area (Å²) in [6.07, 6.45) is 1.37. The lowest BCUT2D eigenvalue weighted by Crippen LogP contribution is -2.32. The second-order valence-corrected chi connectivity index (χ2v) is 5.59. The summed E-state index contributed by atoms with van der Waals surface area (Å²) in [6, 6.07) is 12.0. The molecular formula is C19H19N3O4. The van der Waals surface area contributed by atoms with Gasteiger partial charge in [-0.1, -0.05) is 24.3 Å². The number of hydrazone groups is 1. The first-order valence-electron chi connectivity index (χ1n) is 7.80. The number of carbonyl (C=O) groups is 3. The van der Waals surface area contributed by atoms with Crippen LogP contribution in [0.1, 0.15) is 27.0 Å². The van der Waals surface area contributed by atoms with Crippen LogP contribution in [0.15, 0.2) is 47.6 Å². The van der Waals surface area contributed by atoms with Gasteiger partial charge in [-0.3, -0.25) is 9.59 Å². The first kappa shape index (κ1) is 18.9. The molecule has 0 radical (unpaired) electrons. The fraction of sp³-hybridized carbons (Fsp3) is 0.158. The fourth-order valence-electron chi connectivity index (χ4n) is 2.09. The van der Waals surface area contributed by atoms with Crippen molar-refractivity contribution in [1.29, 1.82) is 0 Å². The molecule has 26 heavy (non-hydrogen) atoms. The number of aryl methyl sites for hydroxylation is 2. The molecule has 0 aromatic heterocycles. The molecule has 0 atom stereocenters. The van der Waals surface area contributed by atoms with Crippen LogP contribution in [0.25, 0.3) is 0 Å². The molecule has 0 aliphatic heterocycles. The van der Waals surface area contributed by atoms with E-state index in [1.54, 1.807) is 30.3 Å². The Morgan fingerprint density at radius 2 is 1.69 bits per heavy atom. The SMILES string of the molecule is COC(=O)c1ccc(/C=N/NC(=O)C(=O)Nc2cc(C)ccc2C)cc1. The highest BCUT2D eigenvalue weighted by Gasteiger charge is 2.14. The van der Waals surface area contributed by atoms with Crippen LogP contribution in [0.4, 0.5) is 5.69 Å². The fourth-order valence-corrected chi connectivity index (χ4v) is 2.09. The Hall–Kier alpha value is -3.48. The summed E-state index contributed by atoms with van der Waals surface area (Å²) >= 11 is 0. The van der Waals surface area contributed by atoms with Crippen LogP contribution in [-0.2, 0) is 14.3 Å². The van der Waals surface area contributed by atoms with Crippen LogP contribution < -0.4 is 10.7 Å². The number of anilines is 1. The summed E-state index contributed by atoms with van der Waals surface area (Å²) in [4.78, 5) is 35.1. The molecule has 2 aromatic rings. The summed E-state index contributed by atoms with van der Waals surface area (Å²) in [6.45, 7) is 3.73. The first-order valence-corrected chi connectivity index (χ1v) is 7.80. The second kappa shape index (κ2) is 8.57. The van der Waals surface area contributed by atoms with Crippen molar-refractivity contribution in [1.82, 2.24) is 5.43 Å². The van der Waals surface area contributed by atoms with Crippen LogP contribution in [0.2, 0.25) is 0 Å². The van der Waals surface area contributed by atoms with Crippen LogP contribution in [0.5, 0.6) is 0 Å². The van der Waals surface area contributed by atoms with E-state index in [9.17, 15) is 14.4 Å². The Morgan fingerprint density at radius 1 is 1.00 bits per heavy atom. The molecular weight excluding hydrogens is 334 g/mol. The molecule has 0 fully saturated rings. The van der Waals surface area contributed by atoms with Crippen molar-refractivity contribution < 1.29 is 19.1 Å². The van der Waals surface area contributed by atoms with Gasteiger partial charge in [0.15, 0.2) is 0 Å². The van der Waals surface area contributed by atoms with E-state index in [4.69, 9.17) is 0 Å². The smallest absolute Gasteiger partial charge is 0.337 e. The largest absolute Gasteiger partial charge is 0.465 e. The number of ether oxygens (including phenoxy) is 1. The van der Waals surface area contributed by atoms with E-state index in [1.165, 1.54) is 13.3 Å². The number of rotatable bonds is 4. The second-order valence-electron chi connectivity index (χ2n) is 5.59. The average molecular weight is 353 g/mol. The number of benzene rings is 2. The topological polar surface area (TPSA) is 96.9 Å². The van der Waals surface area contributed by atoms with Gasteiger partial charge in [-0.15, -0.1) is 0 Å². The molecule has 2 amide bonds. The van der Waals surface area contributed by atoms with E-state index < -0.39 is 17.8 Å². The van der Waals surface area contributed by atoms with E-state index in [0.717, 1.165) is 11.1 Å². The molecule has 0 aliphatic carbocycles. The highest BCUT2D eigenvalue weighted by Crippen LogP contribution is 2.16. The standard InChI is InChI=1S/C19H19N3O4/c1-12-4-5-13(2)16(10-12)21-17(23)18(24)22-20-11-14-6-8-15(9-7-14)19(25)26-3/h4-11H,1-3H3,(H,21,23)(H,22,24)/b20-11+. The van der Waals surface area contributed by atoms with Gasteiger partial charge < -0.3 is 10.1 Å². The monoisotopic (exact) mass is 353 g/mol. The van der Waals surface area contributed by atoms with Crippen LogP contribution in [0, 0.1) is 13.8 Å². The normalized spacial score (nSPS) is 10.4. The van der Waals surface area contributed by atoms with E-state index in [-0.39, 0.29) is 0 Å². The van der Waals surface area contributed by atoms with Gasteiger partial charge in [-0.25, -0.2) is 10.2 Å². The minimum absolute atomic E-state index is 0.404. The lowest BCUT2D eigenvalue weighted by Gasteiger charge is -2.08. The Kier molecular flexibility index (Phi) is 6.21. The predicted octanol–water partition coefficient (Wildman–Crippen LogP) is 2.18. The molecule has 0 spiro atoms. The summed E-state index contributed by atoms with van der Waals surface area (Å²) in [5.41, 5.74) is 5.61. The number of hydrogen-bond donors (Lipinski definition) is 2. The quantitative estimate of drug-likeness (QED) is 0.381. The molecule has 0 bridgehead atoms. The molecule has 0 aliphatic rings. The number of nitrogens with zero attached hydrogens (tertiary/aromatic N) is 1. The van der Waals surface area contributed by atoms with Gasteiger partial charge in [0.2, 0.25) is 0 Å². The van der Waals surface area contributed by atoms with Crippen LogP contribution in [0.3, 0.4) is 0 Å². The van der Waals surface area contributed by atoms with Gasteiger partial charge in [0.05, 0.1) is 18.9 Å². The highest BCUT2D eigenvalue weighted by molar-refractivity contribution is 6.39. The molecule has 0 saturated heterocycles. The van der Waals surface area contributed by atoms with Crippen molar-refractivity contribution in [3.05, 3.63) is 64.7 Å². The molecule has 7 nitrogen and oxygen atoms in total. The molecule has 0 heterocycles. The minimum Gasteiger partial charge on any atom is -0.465 e. The summed E-state index contributed by atoms with van der Waals surface area (Å²) in [5.74, 6) is -2.13. The van der Waals surface area contributed by atoms with Crippen molar-refractivity contribution >= 4 is 29.7 Å². The van der Waals surface area contributed by atoms with Gasteiger partial charge >= 0.3 is 17.8 Å². The highest BCUT2D eigenvalue weighted by atomic mass is 16.5. The van der Waals surface area contributed by atoms with Crippen molar-refractivity contribution in [2.24, 2.45) is 5.10 Å². The maximum atomic E-state index is 11.9. The van der Waals surface area contributed by atoms with Crippen molar-refractivity contribution in [3.63, 3.8) is 0 Å². The molecule has 2 N–H and O–H groups in total. The zero-order valence-electron chi connectivity index (χ0n) is 14.7. The Balaban J connectivity index is 1.93. The lowest BCUT2D eigenvalue weighted by atomic mass is 10.1. The maximum Gasteiger partial charge on any atom is 0.337 e. The molecule has 0 unspecified atom stereocenters. The lowest BCUT2D eigenvalue weighted by molar-refractivity contribution is -0.136. The van der Waals surface area contributed by atoms with Gasteiger partial charge in [0, 0.05) is 5.69 Å². The van der Waals surface area contributed by atoms with Gasteiger partial charge in [-0.2, -0.15) is 5.10 Å². The number of hydrogen-bond acceptors (Lipinski definition) is 5. The zero-order valence-corrected chi connectivity index (χ0v) is 14.7. The van der Waals surface area contributed by atoms with Gasteiger partial charge in [0.25, 0.3) is 0 Å². The first-order chi connectivity index (χ1) is 12.4. The zero-order chi connectivity index (χ0) is 19.1. The van der Waals surface area contributed by atoms with E-state index >= 15 is 0 Å². The maximum absolute atomic E-state index is 11.9. The predicted molar refractivity (Wildman–Crippen MR) is 98.1 cm³/mol. The third-order valence-corrected chi connectivity index (χ3v) is 3.56. The summed E-state index contributed by atoms with van der Waals surface area (Å²) < 4.78 is 4.61. The molecule has 0 saturated carbocycles. The van der Waals surface area contributed by atoms with Crippen molar-refractivity contribution in [3.8, 4) is 0 Å². The third kappa shape index (κ3) is 5.01. The van der Waals surface area contributed by atoms with Crippen LogP contribution in [-0.4, -0.2) is 31.1 Å². The number of carbonyl (C=O) groups excluding carboxylic acids is 3. The Morgan fingerprint density at radius 3 is 2.35 bits per heavy atom. The van der Waals surface area contributed by atoms with Crippen molar-refractivity contribution in [2.75, 3.05) is 12.4 Å². The number of esters is 1. The van der Waals surface area contributed by atoms with Crippen LogP contribution >= 0.6 is 0 Å². The molecule has 2 aromatic carbocycles. The number of amides is 2. The molecule has 2 rings (SSSR count).